The molecule has 0 aromatic rings. The fourth-order valence-electron chi connectivity index (χ4n) is 0.940. The Morgan fingerprint density at radius 1 is 1.82 bits per heavy atom. The highest BCUT2D eigenvalue weighted by Crippen LogP contribution is 2.13. The molecule has 1 atom stereocenters. The second-order valence-electron chi connectivity index (χ2n) is 2.40. The summed E-state index contributed by atoms with van der Waals surface area (Å²) in [5.41, 5.74) is 0.823. The molecule has 0 radical (unpaired) electrons. The van der Waals surface area contributed by atoms with E-state index in [1.54, 1.807) is 18.1 Å². The van der Waals surface area contributed by atoms with Crippen LogP contribution in [0.5, 0.6) is 0 Å². The Morgan fingerprint density at radius 3 is 2.91 bits per heavy atom. The fraction of sp³-hybridized carbons (Fsp3) is 0.429. The Morgan fingerprint density at radius 2 is 2.45 bits per heavy atom. The minimum Gasteiger partial charge on any atom is -0.358 e. The summed E-state index contributed by atoms with van der Waals surface area (Å²) in [5.74, 6) is 0. The molecule has 1 heterocycles. The summed E-state index contributed by atoms with van der Waals surface area (Å²) in [7, 11) is 1.80. The molecule has 58 valence electrons. The zero-order valence-electron chi connectivity index (χ0n) is 6.37. The standard InChI is InChI=1S/C7H8ClN3/c1-5-4-11(2)6(3-9)7(8)10-5/h4,6H,1-2H3/t6-/m1/s1. The Hall–Kier alpha value is -1.01. The molecule has 0 spiro atoms. The molecular formula is C7H8ClN3. The molecule has 3 nitrogen and oxygen atoms in total. The minimum atomic E-state index is -0.416. The lowest BCUT2D eigenvalue weighted by Gasteiger charge is -2.23. The number of hydrogen-bond donors (Lipinski definition) is 0. The van der Waals surface area contributed by atoms with Crippen LogP contribution in [0.3, 0.4) is 0 Å². The van der Waals surface area contributed by atoms with Gasteiger partial charge in [0.25, 0.3) is 0 Å². The van der Waals surface area contributed by atoms with Crippen LogP contribution in [0.1, 0.15) is 6.92 Å². The van der Waals surface area contributed by atoms with Gasteiger partial charge in [-0.15, -0.1) is 0 Å². The van der Waals surface area contributed by atoms with Crippen LogP contribution in [0.25, 0.3) is 0 Å². The Kier molecular flexibility index (Phi) is 2.16. The maximum Gasteiger partial charge on any atom is 0.170 e. The van der Waals surface area contributed by atoms with Gasteiger partial charge >= 0.3 is 0 Å². The number of halogens is 1. The quantitative estimate of drug-likeness (QED) is 0.549. The summed E-state index contributed by atoms with van der Waals surface area (Å²) in [5, 5.41) is 8.97. The summed E-state index contributed by atoms with van der Waals surface area (Å²) in [4.78, 5) is 5.71. The summed E-state index contributed by atoms with van der Waals surface area (Å²) in [6.07, 6.45) is 1.79. The van der Waals surface area contributed by atoms with Gasteiger partial charge < -0.3 is 4.90 Å². The summed E-state index contributed by atoms with van der Waals surface area (Å²) < 4.78 is 0. The van der Waals surface area contributed by atoms with Gasteiger partial charge in [0.15, 0.2) is 6.04 Å². The van der Waals surface area contributed by atoms with Crippen LogP contribution in [-0.4, -0.2) is 23.2 Å². The van der Waals surface area contributed by atoms with E-state index >= 15 is 0 Å². The van der Waals surface area contributed by atoms with Crippen molar-refractivity contribution in [3.05, 3.63) is 11.9 Å². The van der Waals surface area contributed by atoms with Gasteiger partial charge in [-0.1, -0.05) is 11.6 Å². The van der Waals surface area contributed by atoms with Gasteiger partial charge in [-0.3, -0.25) is 0 Å². The van der Waals surface area contributed by atoms with E-state index in [-0.39, 0.29) is 0 Å². The number of hydrogen-bond acceptors (Lipinski definition) is 3. The van der Waals surface area contributed by atoms with Crippen molar-refractivity contribution in [2.24, 2.45) is 4.99 Å². The number of rotatable bonds is 0. The van der Waals surface area contributed by atoms with Gasteiger partial charge in [-0.2, -0.15) is 5.26 Å². The van der Waals surface area contributed by atoms with E-state index < -0.39 is 6.04 Å². The molecule has 0 saturated heterocycles. The van der Waals surface area contributed by atoms with Gasteiger partial charge in [0, 0.05) is 13.2 Å². The molecule has 0 aromatic heterocycles. The van der Waals surface area contributed by atoms with Crippen molar-refractivity contribution in [1.29, 1.82) is 5.26 Å². The third-order valence-corrected chi connectivity index (χ3v) is 1.72. The molecule has 1 rings (SSSR count). The van der Waals surface area contributed by atoms with Gasteiger partial charge in [-0.25, -0.2) is 4.99 Å². The van der Waals surface area contributed by atoms with E-state index in [0.29, 0.717) is 5.17 Å². The molecule has 0 aliphatic carbocycles. The SMILES string of the molecule is CC1=CN(C)[C@H](C#N)C(Cl)=N1. The number of aliphatic imine (C=N–C) groups is 1. The molecule has 0 unspecified atom stereocenters. The molecule has 0 saturated carbocycles. The van der Waals surface area contributed by atoms with Gasteiger partial charge in [0.1, 0.15) is 5.17 Å². The Balaban J connectivity index is 2.93. The first-order chi connectivity index (χ1) is 5.15. The Bertz CT molecular complexity index is 261. The minimum absolute atomic E-state index is 0.343. The maximum absolute atomic E-state index is 8.63. The fourth-order valence-corrected chi connectivity index (χ4v) is 1.28. The first-order valence-electron chi connectivity index (χ1n) is 3.19. The molecule has 0 aromatic carbocycles. The number of allylic oxidation sites excluding steroid dienone is 1. The first-order valence-corrected chi connectivity index (χ1v) is 3.57. The summed E-state index contributed by atoms with van der Waals surface area (Å²) in [6.45, 7) is 1.84. The van der Waals surface area contributed by atoms with Crippen molar-refractivity contribution in [3.63, 3.8) is 0 Å². The van der Waals surface area contributed by atoms with Crippen molar-refractivity contribution in [2.45, 2.75) is 13.0 Å². The van der Waals surface area contributed by atoms with Gasteiger partial charge in [0.2, 0.25) is 0 Å². The average molecular weight is 170 g/mol. The molecule has 0 N–H and O–H groups in total. The molecule has 4 heteroatoms. The number of nitriles is 1. The molecule has 1 aliphatic heterocycles. The predicted molar refractivity (Wildman–Crippen MR) is 44.2 cm³/mol. The van der Waals surface area contributed by atoms with E-state index in [0.717, 1.165) is 5.70 Å². The van der Waals surface area contributed by atoms with Crippen molar-refractivity contribution >= 4 is 16.8 Å². The summed E-state index contributed by atoms with van der Waals surface area (Å²) in [6, 6.07) is 1.63. The van der Waals surface area contributed by atoms with E-state index in [4.69, 9.17) is 16.9 Å². The van der Waals surface area contributed by atoms with Crippen molar-refractivity contribution in [3.8, 4) is 6.07 Å². The smallest absolute Gasteiger partial charge is 0.170 e. The lowest BCUT2D eigenvalue weighted by atomic mass is 10.3. The van der Waals surface area contributed by atoms with E-state index in [2.05, 4.69) is 4.99 Å². The predicted octanol–water partition coefficient (Wildman–Crippen LogP) is 1.32. The van der Waals surface area contributed by atoms with Crippen LogP contribution in [-0.2, 0) is 0 Å². The van der Waals surface area contributed by atoms with Crippen molar-refractivity contribution in [1.82, 2.24) is 4.90 Å². The van der Waals surface area contributed by atoms with Crippen LogP contribution >= 0.6 is 11.6 Å². The maximum atomic E-state index is 8.63. The second kappa shape index (κ2) is 2.93. The van der Waals surface area contributed by atoms with Gasteiger partial charge in [0.05, 0.1) is 11.8 Å². The molecule has 0 bridgehead atoms. The highest BCUT2D eigenvalue weighted by Gasteiger charge is 2.20. The van der Waals surface area contributed by atoms with Gasteiger partial charge in [-0.05, 0) is 6.92 Å². The van der Waals surface area contributed by atoms with Crippen LogP contribution in [0.4, 0.5) is 0 Å². The van der Waals surface area contributed by atoms with E-state index in [1.807, 2.05) is 13.0 Å². The van der Waals surface area contributed by atoms with Crippen molar-refractivity contribution < 1.29 is 0 Å². The van der Waals surface area contributed by atoms with Crippen LogP contribution in [0.15, 0.2) is 16.9 Å². The third-order valence-electron chi connectivity index (χ3n) is 1.43. The molecular weight excluding hydrogens is 162 g/mol. The molecule has 1 aliphatic rings. The topological polar surface area (TPSA) is 39.4 Å². The lowest BCUT2D eigenvalue weighted by Crippen LogP contribution is -2.33. The normalized spacial score (nSPS) is 23.8. The van der Waals surface area contributed by atoms with Crippen LogP contribution in [0, 0.1) is 11.3 Å². The monoisotopic (exact) mass is 169 g/mol. The molecule has 0 amide bonds. The molecule has 11 heavy (non-hydrogen) atoms. The Labute approximate surface area is 70.6 Å². The van der Waals surface area contributed by atoms with Crippen LogP contribution in [0.2, 0.25) is 0 Å². The third kappa shape index (κ3) is 1.52. The average Bonchev–Trinajstić information content (AvgIpc) is 1.85. The van der Waals surface area contributed by atoms with E-state index in [1.165, 1.54) is 0 Å². The highest BCUT2D eigenvalue weighted by molar-refractivity contribution is 6.67. The summed E-state index contributed by atoms with van der Waals surface area (Å²) >= 11 is 5.72. The zero-order valence-corrected chi connectivity index (χ0v) is 7.13. The van der Waals surface area contributed by atoms with E-state index in [9.17, 15) is 0 Å². The first kappa shape index (κ1) is 8.09. The lowest BCUT2D eigenvalue weighted by molar-refractivity contribution is 0.454. The highest BCUT2D eigenvalue weighted by atomic mass is 35.5. The largest absolute Gasteiger partial charge is 0.358 e. The number of nitrogens with zero attached hydrogens (tertiary/aromatic N) is 3. The van der Waals surface area contributed by atoms with Crippen molar-refractivity contribution in [2.75, 3.05) is 7.05 Å². The molecule has 0 fully saturated rings. The second-order valence-corrected chi connectivity index (χ2v) is 2.79. The van der Waals surface area contributed by atoms with Crippen LogP contribution < -0.4 is 0 Å². The zero-order chi connectivity index (χ0) is 8.43.